The molecular weight excluding hydrogens is 358 g/mol. The molecule has 1 aromatic rings. The van der Waals surface area contributed by atoms with Crippen molar-refractivity contribution in [2.45, 2.75) is 61.7 Å². The first-order valence-corrected chi connectivity index (χ1v) is 10.6. The Morgan fingerprint density at radius 2 is 1.85 bits per heavy atom. The summed E-state index contributed by atoms with van der Waals surface area (Å²) in [5.41, 5.74) is 0.956. The number of aliphatic hydroxyl groups excluding tert-OH is 1. The Morgan fingerprint density at radius 3 is 2.54 bits per heavy atom. The van der Waals surface area contributed by atoms with Gasteiger partial charge in [0.15, 0.2) is 12.4 Å². The fourth-order valence-corrected chi connectivity index (χ4v) is 5.12. The molecule has 3 fully saturated rings. The van der Waals surface area contributed by atoms with E-state index in [1.165, 1.54) is 18.6 Å². The van der Waals surface area contributed by atoms with Crippen LogP contribution >= 0.6 is 0 Å². The van der Waals surface area contributed by atoms with Crippen molar-refractivity contribution in [1.29, 1.82) is 0 Å². The maximum absolute atomic E-state index is 12.7. The Bertz CT molecular complexity index is 731. The zero-order valence-corrected chi connectivity index (χ0v) is 15.6. The van der Waals surface area contributed by atoms with Crippen molar-refractivity contribution in [3.05, 3.63) is 29.8 Å². The molecular formula is C18H25NO6S. The highest BCUT2D eigenvalue weighted by Crippen LogP contribution is 2.35. The minimum Gasteiger partial charge on any atom is -0.388 e. The maximum Gasteiger partial charge on any atom is 0.297 e. The number of benzene rings is 1. The van der Waals surface area contributed by atoms with E-state index in [0.29, 0.717) is 6.61 Å². The zero-order chi connectivity index (χ0) is 18.3. The van der Waals surface area contributed by atoms with Crippen LogP contribution < -0.4 is 0 Å². The molecule has 2 bridgehead atoms. The average molecular weight is 383 g/mol. The molecule has 26 heavy (non-hydrogen) atoms. The van der Waals surface area contributed by atoms with Crippen LogP contribution in [0.3, 0.4) is 0 Å². The van der Waals surface area contributed by atoms with Gasteiger partial charge in [-0.2, -0.15) is 8.42 Å². The van der Waals surface area contributed by atoms with Gasteiger partial charge < -0.3 is 14.6 Å². The number of likely N-dealkylation sites (tertiary alicyclic amines) is 1. The van der Waals surface area contributed by atoms with Crippen LogP contribution in [0.25, 0.3) is 0 Å². The Balaban J connectivity index is 1.56. The summed E-state index contributed by atoms with van der Waals surface area (Å²) in [6.07, 6.45) is 0.116. The predicted molar refractivity (Wildman–Crippen MR) is 93.1 cm³/mol. The number of hydrogen-bond donors (Lipinski definition) is 1. The van der Waals surface area contributed by atoms with Crippen LogP contribution in [0.15, 0.2) is 29.2 Å². The molecule has 3 heterocycles. The van der Waals surface area contributed by atoms with Gasteiger partial charge in [-0.05, 0) is 45.0 Å². The molecule has 0 spiro atoms. The summed E-state index contributed by atoms with van der Waals surface area (Å²) in [7, 11) is -4.03. The normalized spacial score (nSPS) is 35.5. The molecule has 4 rings (SSSR count). The van der Waals surface area contributed by atoms with Crippen LogP contribution in [-0.4, -0.2) is 68.8 Å². The van der Waals surface area contributed by atoms with Crippen LogP contribution in [0, 0.1) is 6.92 Å². The second kappa shape index (κ2) is 7.18. The quantitative estimate of drug-likeness (QED) is 0.778. The average Bonchev–Trinajstić information content (AvgIpc) is 3.06. The fraction of sp³-hybridized carbons (Fsp3) is 0.667. The van der Waals surface area contributed by atoms with E-state index in [1.807, 2.05) is 6.92 Å². The number of ether oxygens (including phenoxy) is 2. The van der Waals surface area contributed by atoms with Crippen molar-refractivity contribution >= 4 is 10.1 Å². The van der Waals surface area contributed by atoms with Gasteiger partial charge in [-0.3, -0.25) is 9.08 Å². The number of aliphatic hydroxyl groups is 1. The topological polar surface area (TPSA) is 85.3 Å². The molecule has 3 aliphatic rings. The lowest BCUT2D eigenvalue weighted by atomic mass is 9.94. The van der Waals surface area contributed by atoms with Gasteiger partial charge in [0.1, 0.15) is 12.2 Å². The molecule has 8 heteroatoms. The summed E-state index contributed by atoms with van der Waals surface area (Å²) in [6, 6.07) is 6.11. The second-order valence-electron chi connectivity index (χ2n) is 7.28. The molecule has 0 unspecified atom stereocenters. The molecule has 1 N–H and O–H groups in total. The van der Waals surface area contributed by atoms with Crippen LogP contribution in [0.1, 0.15) is 24.8 Å². The highest BCUT2D eigenvalue weighted by atomic mass is 32.2. The largest absolute Gasteiger partial charge is 0.388 e. The van der Waals surface area contributed by atoms with Crippen molar-refractivity contribution < 1.29 is 27.2 Å². The molecule has 0 amide bonds. The second-order valence-corrected chi connectivity index (χ2v) is 8.85. The highest BCUT2D eigenvalue weighted by Gasteiger charge is 2.54. The van der Waals surface area contributed by atoms with Crippen LogP contribution in [0.2, 0.25) is 0 Å². The van der Waals surface area contributed by atoms with Crippen molar-refractivity contribution in [3.63, 3.8) is 0 Å². The maximum atomic E-state index is 12.7. The third kappa shape index (κ3) is 3.42. The predicted octanol–water partition coefficient (Wildman–Crippen LogP) is 1.04. The van der Waals surface area contributed by atoms with Gasteiger partial charge in [0.05, 0.1) is 17.5 Å². The molecule has 0 radical (unpaired) electrons. The van der Waals surface area contributed by atoms with E-state index in [-0.39, 0.29) is 17.0 Å². The molecule has 7 nitrogen and oxygen atoms in total. The lowest BCUT2D eigenvalue weighted by Crippen LogP contribution is -2.62. The number of fused-ring (bicyclic) bond motifs is 2. The van der Waals surface area contributed by atoms with E-state index in [1.54, 1.807) is 12.1 Å². The molecule has 0 aromatic heterocycles. The Labute approximate surface area is 154 Å². The first-order valence-electron chi connectivity index (χ1n) is 9.15. The third-order valence-electron chi connectivity index (χ3n) is 5.43. The first kappa shape index (κ1) is 18.3. The number of nitrogens with zero attached hydrogens (tertiary/aromatic N) is 1. The first-order chi connectivity index (χ1) is 12.5. The fourth-order valence-electron chi connectivity index (χ4n) is 4.04. The SMILES string of the molecule is Cc1ccc(S(=O)(=O)O[C@@H]2[C@H]3OC[C@H](O3)[C@H](N3CCCCC3)[C@@H]2O)cc1. The molecule has 1 aromatic carbocycles. The molecule has 0 aliphatic carbocycles. The molecule has 5 atom stereocenters. The lowest BCUT2D eigenvalue weighted by molar-refractivity contribution is -0.208. The van der Waals surface area contributed by atoms with E-state index in [2.05, 4.69) is 4.90 Å². The lowest BCUT2D eigenvalue weighted by Gasteiger charge is -2.44. The van der Waals surface area contributed by atoms with E-state index in [4.69, 9.17) is 13.7 Å². The monoisotopic (exact) mass is 383 g/mol. The van der Waals surface area contributed by atoms with Gasteiger partial charge in [-0.25, -0.2) is 0 Å². The van der Waals surface area contributed by atoms with Crippen LogP contribution in [0.5, 0.6) is 0 Å². The molecule has 3 aliphatic heterocycles. The van der Waals surface area contributed by atoms with Gasteiger partial charge in [-0.15, -0.1) is 0 Å². The molecule has 0 saturated carbocycles. The van der Waals surface area contributed by atoms with E-state index < -0.39 is 28.6 Å². The van der Waals surface area contributed by atoms with Gasteiger partial charge >= 0.3 is 0 Å². The minimum atomic E-state index is -4.03. The van der Waals surface area contributed by atoms with Gasteiger partial charge in [0.2, 0.25) is 0 Å². The van der Waals surface area contributed by atoms with Crippen molar-refractivity contribution in [1.82, 2.24) is 4.90 Å². The van der Waals surface area contributed by atoms with Crippen molar-refractivity contribution in [3.8, 4) is 0 Å². The summed E-state index contributed by atoms with van der Waals surface area (Å²) in [5.74, 6) is 0. The van der Waals surface area contributed by atoms with Crippen molar-refractivity contribution in [2.24, 2.45) is 0 Å². The number of rotatable bonds is 4. The minimum absolute atomic E-state index is 0.0601. The summed E-state index contributed by atoms with van der Waals surface area (Å²) < 4.78 is 42.1. The van der Waals surface area contributed by atoms with Crippen LogP contribution in [-0.2, 0) is 23.8 Å². The van der Waals surface area contributed by atoms with E-state index >= 15 is 0 Å². The summed E-state index contributed by atoms with van der Waals surface area (Å²) in [4.78, 5) is 2.24. The Morgan fingerprint density at radius 1 is 1.15 bits per heavy atom. The van der Waals surface area contributed by atoms with Gasteiger partial charge in [0, 0.05) is 0 Å². The summed E-state index contributed by atoms with van der Waals surface area (Å²) in [6.45, 7) is 3.95. The summed E-state index contributed by atoms with van der Waals surface area (Å²) >= 11 is 0. The van der Waals surface area contributed by atoms with E-state index in [9.17, 15) is 13.5 Å². The standard InChI is InChI=1S/C18H25NO6S/c1-12-5-7-13(8-6-12)26(21,22)25-17-16(20)15(14-11-23-18(17)24-14)19-9-3-2-4-10-19/h5-8,14-18,20H,2-4,9-11H2,1H3/t14-,15-,16-,17-,18-/m0/s1. The van der Waals surface area contributed by atoms with Crippen LogP contribution in [0.4, 0.5) is 0 Å². The molecule has 144 valence electrons. The molecule has 3 saturated heterocycles. The van der Waals surface area contributed by atoms with Gasteiger partial charge in [-0.1, -0.05) is 24.1 Å². The summed E-state index contributed by atoms with van der Waals surface area (Å²) in [5, 5.41) is 10.9. The van der Waals surface area contributed by atoms with Gasteiger partial charge in [0.25, 0.3) is 10.1 Å². The zero-order valence-electron chi connectivity index (χ0n) is 14.8. The van der Waals surface area contributed by atoms with Crippen molar-refractivity contribution in [2.75, 3.05) is 19.7 Å². The Hall–Kier alpha value is -1.03. The highest BCUT2D eigenvalue weighted by molar-refractivity contribution is 7.86. The number of aryl methyl sites for hydroxylation is 1. The van der Waals surface area contributed by atoms with E-state index in [0.717, 1.165) is 31.5 Å². The number of piperidine rings is 1. The smallest absolute Gasteiger partial charge is 0.297 e. The third-order valence-corrected chi connectivity index (χ3v) is 6.75. The Kier molecular flexibility index (Phi) is 5.06. The number of hydrogen-bond acceptors (Lipinski definition) is 7.